The zero-order chi connectivity index (χ0) is 13.8. The van der Waals surface area contributed by atoms with Gasteiger partial charge in [-0.3, -0.25) is 4.79 Å². The molecule has 1 saturated heterocycles. The van der Waals surface area contributed by atoms with E-state index in [0.29, 0.717) is 13.1 Å². The van der Waals surface area contributed by atoms with E-state index >= 15 is 0 Å². The monoisotopic (exact) mass is 262 g/mol. The van der Waals surface area contributed by atoms with Crippen molar-refractivity contribution in [3.05, 3.63) is 29.8 Å². The third-order valence-electron chi connectivity index (χ3n) is 3.75. The van der Waals surface area contributed by atoms with Crippen LogP contribution in [0.3, 0.4) is 0 Å². The van der Waals surface area contributed by atoms with E-state index in [9.17, 15) is 4.79 Å². The lowest BCUT2D eigenvalue weighted by molar-refractivity contribution is 0.0362. The van der Waals surface area contributed by atoms with E-state index in [4.69, 9.17) is 5.11 Å². The van der Waals surface area contributed by atoms with Gasteiger partial charge in [-0.2, -0.15) is 0 Å². The first-order valence-electron chi connectivity index (χ1n) is 6.94. The molecule has 1 aliphatic rings. The number of rotatable bonds is 5. The van der Waals surface area contributed by atoms with Gasteiger partial charge in [0.25, 0.3) is 5.91 Å². The van der Waals surface area contributed by atoms with Gasteiger partial charge in [0.05, 0.1) is 0 Å². The van der Waals surface area contributed by atoms with Crippen LogP contribution in [0.1, 0.15) is 24.2 Å². The maximum atomic E-state index is 12.1. The summed E-state index contributed by atoms with van der Waals surface area (Å²) in [7, 11) is 0. The van der Waals surface area contributed by atoms with E-state index in [1.54, 1.807) is 4.90 Å². The maximum absolute atomic E-state index is 12.1. The van der Waals surface area contributed by atoms with E-state index in [2.05, 4.69) is 18.7 Å². The number of nitrogens with zero attached hydrogens (tertiary/aromatic N) is 2. The number of hydrogen-bond acceptors (Lipinski definition) is 3. The molecule has 0 radical (unpaired) electrons. The van der Waals surface area contributed by atoms with E-state index in [0.717, 1.165) is 24.3 Å². The summed E-state index contributed by atoms with van der Waals surface area (Å²) in [6.07, 6.45) is 0. The minimum absolute atomic E-state index is 0.0656. The molecule has 0 atom stereocenters. The molecule has 19 heavy (non-hydrogen) atoms. The van der Waals surface area contributed by atoms with E-state index in [1.807, 2.05) is 24.3 Å². The van der Waals surface area contributed by atoms with E-state index in [1.165, 1.54) is 0 Å². The normalized spacial score (nSPS) is 15.2. The molecule has 0 spiro atoms. The zero-order valence-corrected chi connectivity index (χ0v) is 11.7. The van der Waals surface area contributed by atoms with Crippen LogP contribution in [-0.2, 0) is 0 Å². The zero-order valence-electron chi connectivity index (χ0n) is 11.7. The lowest BCUT2D eigenvalue weighted by atomic mass is 10.00. The quantitative estimate of drug-likeness (QED) is 0.876. The van der Waals surface area contributed by atoms with Gasteiger partial charge in [0.15, 0.2) is 0 Å². The molecule has 1 aliphatic heterocycles. The first-order chi connectivity index (χ1) is 9.19. The third-order valence-corrected chi connectivity index (χ3v) is 3.75. The minimum Gasteiger partial charge on any atom is -0.396 e. The Morgan fingerprint density at radius 3 is 2.32 bits per heavy atom. The Morgan fingerprint density at radius 2 is 1.84 bits per heavy atom. The number of amides is 1. The van der Waals surface area contributed by atoms with Crippen molar-refractivity contribution >= 4 is 11.6 Å². The molecule has 1 amide bonds. The second kappa shape index (κ2) is 6.06. The molecular weight excluding hydrogens is 240 g/mol. The number of aliphatic hydroxyl groups excluding tert-OH is 1. The molecule has 0 aliphatic carbocycles. The van der Waals surface area contributed by atoms with Gasteiger partial charge in [0.2, 0.25) is 0 Å². The summed E-state index contributed by atoms with van der Waals surface area (Å²) in [6.45, 7) is 7.70. The van der Waals surface area contributed by atoms with Crippen molar-refractivity contribution in [2.24, 2.45) is 5.92 Å². The molecule has 1 fully saturated rings. The van der Waals surface area contributed by atoms with Crippen LogP contribution in [0.15, 0.2) is 24.3 Å². The lowest BCUT2D eigenvalue weighted by Gasteiger charge is -2.38. The highest BCUT2D eigenvalue weighted by Gasteiger charge is 2.30. The highest BCUT2D eigenvalue weighted by Crippen LogP contribution is 2.20. The number of anilines is 1. The fourth-order valence-corrected chi connectivity index (χ4v) is 2.44. The molecule has 0 unspecified atom stereocenters. The summed E-state index contributed by atoms with van der Waals surface area (Å²) in [5, 5.41) is 8.96. The highest BCUT2D eigenvalue weighted by molar-refractivity contribution is 5.95. The fourth-order valence-electron chi connectivity index (χ4n) is 2.44. The van der Waals surface area contributed by atoms with Crippen LogP contribution >= 0.6 is 0 Å². The molecule has 2 rings (SSSR count). The predicted octanol–water partition coefficient (Wildman–Crippen LogP) is 1.60. The standard InChI is InChI=1S/C15H22N2O2/c1-3-16(4-2)14-7-5-13(6-8-14)15(19)17-9-12(10-17)11-18/h5-8,12,18H,3-4,9-11H2,1-2H3. The Bertz CT molecular complexity index is 420. The molecular formula is C15H22N2O2. The van der Waals surface area contributed by atoms with Gasteiger partial charge in [0, 0.05) is 50.0 Å². The summed E-state index contributed by atoms with van der Waals surface area (Å²) in [5.41, 5.74) is 1.88. The van der Waals surface area contributed by atoms with E-state index < -0.39 is 0 Å². The summed E-state index contributed by atoms with van der Waals surface area (Å²) < 4.78 is 0. The predicted molar refractivity (Wildman–Crippen MR) is 76.5 cm³/mol. The fraction of sp³-hybridized carbons (Fsp3) is 0.533. The molecule has 0 saturated carbocycles. The number of carbonyl (C=O) groups excluding carboxylic acids is 1. The van der Waals surface area contributed by atoms with Crippen LogP contribution < -0.4 is 4.90 Å². The van der Waals surface area contributed by atoms with E-state index in [-0.39, 0.29) is 18.4 Å². The van der Waals surface area contributed by atoms with Crippen LogP contribution in [0.5, 0.6) is 0 Å². The Morgan fingerprint density at radius 1 is 1.26 bits per heavy atom. The largest absolute Gasteiger partial charge is 0.396 e. The molecule has 104 valence electrons. The first kappa shape index (κ1) is 13.9. The van der Waals surface area contributed by atoms with Crippen LogP contribution in [0.2, 0.25) is 0 Å². The SMILES string of the molecule is CCN(CC)c1ccc(C(=O)N2CC(CO)C2)cc1. The Hall–Kier alpha value is -1.55. The van der Waals surface area contributed by atoms with Gasteiger partial charge in [-0.25, -0.2) is 0 Å². The Kier molecular flexibility index (Phi) is 4.43. The van der Waals surface area contributed by atoms with Crippen LogP contribution in [0, 0.1) is 5.92 Å². The summed E-state index contributed by atoms with van der Waals surface area (Å²) >= 11 is 0. The smallest absolute Gasteiger partial charge is 0.253 e. The minimum atomic E-state index is 0.0656. The van der Waals surface area contributed by atoms with Crippen LogP contribution in [-0.4, -0.2) is 48.7 Å². The first-order valence-corrected chi connectivity index (χ1v) is 6.94. The molecule has 4 heteroatoms. The van der Waals surface area contributed by atoms with Crippen molar-refractivity contribution in [3.8, 4) is 0 Å². The second-order valence-electron chi connectivity index (χ2n) is 4.98. The van der Waals surface area contributed by atoms with Crippen molar-refractivity contribution in [1.82, 2.24) is 4.90 Å². The number of carbonyl (C=O) groups is 1. The van der Waals surface area contributed by atoms with Crippen molar-refractivity contribution < 1.29 is 9.90 Å². The molecule has 1 aromatic rings. The number of hydrogen-bond donors (Lipinski definition) is 1. The second-order valence-corrected chi connectivity index (χ2v) is 4.98. The topological polar surface area (TPSA) is 43.8 Å². The van der Waals surface area contributed by atoms with Crippen molar-refractivity contribution in [2.75, 3.05) is 37.7 Å². The lowest BCUT2D eigenvalue weighted by Crippen LogP contribution is -2.51. The average molecular weight is 262 g/mol. The van der Waals surface area contributed by atoms with Gasteiger partial charge < -0.3 is 14.9 Å². The van der Waals surface area contributed by atoms with Crippen molar-refractivity contribution in [3.63, 3.8) is 0 Å². The van der Waals surface area contributed by atoms with Gasteiger partial charge in [0.1, 0.15) is 0 Å². The molecule has 1 aromatic carbocycles. The molecule has 1 heterocycles. The van der Waals surface area contributed by atoms with Crippen LogP contribution in [0.4, 0.5) is 5.69 Å². The summed E-state index contributed by atoms with van der Waals surface area (Å²) in [5.74, 6) is 0.328. The Balaban J connectivity index is 2.00. The van der Waals surface area contributed by atoms with Crippen molar-refractivity contribution in [1.29, 1.82) is 0 Å². The summed E-state index contributed by atoms with van der Waals surface area (Å²) in [6, 6.07) is 7.79. The number of benzene rings is 1. The molecule has 0 bridgehead atoms. The summed E-state index contributed by atoms with van der Waals surface area (Å²) in [4.78, 5) is 16.2. The number of likely N-dealkylation sites (tertiary alicyclic amines) is 1. The molecule has 4 nitrogen and oxygen atoms in total. The molecule has 1 N–H and O–H groups in total. The van der Waals surface area contributed by atoms with Gasteiger partial charge in [-0.05, 0) is 38.1 Å². The van der Waals surface area contributed by atoms with Gasteiger partial charge in [-0.15, -0.1) is 0 Å². The van der Waals surface area contributed by atoms with Crippen LogP contribution in [0.25, 0.3) is 0 Å². The Labute approximate surface area is 114 Å². The maximum Gasteiger partial charge on any atom is 0.253 e. The highest BCUT2D eigenvalue weighted by atomic mass is 16.3. The molecule has 0 aromatic heterocycles. The van der Waals surface area contributed by atoms with Crippen molar-refractivity contribution in [2.45, 2.75) is 13.8 Å². The average Bonchev–Trinajstić information content (AvgIpc) is 2.39. The number of aliphatic hydroxyl groups is 1. The van der Waals surface area contributed by atoms with Gasteiger partial charge >= 0.3 is 0 Å². The third kappa shape index (κ3) is 2.89. The van der Waals surface area contributed by atoms with Gasteiger partial charge in [-0.1, -0.05) is 0 Å².